The van der Waals surface area contributed by atoms with Crippen LogP contribution in [0.15, 0.2) is 27.4 Å². The van der Waals surface area contributed by atoms with Gasteiger partial charge in [-0.2, -0.15) is 0 Å². The Balaban J connectivity index is 2.55. The summed E-state index contributed by atoms with van der Waals surface area (Å²) < 4.78 is 8.44. The van der Waals surface area contributed by atoms with E-state index in [0.717, 1.165) is 0 Å². The predicted octanol–water partition coefficient (Wildman–Crippen LogP) is 2.32. The molecule has 0 bridgehead atoms. The number of halogens is 1. The maximum atomic E-state index is 10.8. The molecule has 82 valence electrons. The summed E-state index contributed by atoms with van der Waals surface area (Å²) in [5.74, 6) is 0.0507. The van der Waals surface area contributed by atoms with Crippen LogP contribution in [0.5, 0.6) is 0 Å². The maximum Gasteiger partial charge on any atom is 0.414 e. The molecule has 0 aliphatic heterocycles. The van der Waals surface area contributed by atoms with Crippen LogP contribution >= 0.6 is 23.1 Å². The van der Waals surface area contributed by atoms with Gasteiger partial charge >= 0.3 is 4.94 Å². The average molecular weight is 259 g/mol. The number of nitro groups is 1. The Hall–Kier alpha value is -1.73. The van der Waals surface area contributed by atoms with Gasteiger partial charge in [-0.15, -0.1) is 4.37 Å². The van der Waals surface area contributed by atoms with Crippen LogP contribution in [0.1, 0.15) is 0 Å². The summed E-state index contributed by atoms with van der Waals surface area (Å²) in [4.78, 5) is 20.2. The highest BCUT2D eigenvalue weighted by Gasteiger charge is 2.15. The molecule has 0 spiro atoms. The first-order valence-electron chi connectivity index (χ1n) is 3.99. The Morgan fingerprint density at radius 1 is 1.50 bits per heavy atom. The molecule has 0 fully saturated rings. The molecular weight excluding hydrogens is 256 g/mol. The number of hydrogen-bond acceptors (Lipinski definition) is 6. The molecule has 0 unspecified atom stereocenters. The van der Waals surface area contributed by atoms with Gasteiger partial charge in [-0.1, -0.05) is 11.6 Å². The number of nitro benzene ring substituents is 1. The zero-order valence-corrected chi connectivity index (χ0v) is 9.12. The monoisotopic (exact) mass is 258 g/mol. The molecule has 0 amide bonds. The summed E-state index contributed by atoms with van der Waals surface area (Å²) in [5.41, 5.74) is 0.0873. The van der Waals surface area contributed by atoms with Crippen molar-refractivity contribution in [3.05, 3.63) is 43.1 Å². The van der Waals surface area contributed by atoms with Crippen molar-refractivity contribution in [1.82, 2.24) is 4.37 Å². The van der Waals surface area contributed by atoms with Crippen LogP contribution in [-0.2, 0) is 0 Å². The third kappa shape index (κ3) is 1.95. The molecule has 1 heterocycles. The molecule has 2 aromatic rings. The zero-order chi connectivity index (χ0) is 11.7. The van der Waals surface area contributed by atoms with Gasteiger partial charge in [-0.05, 0) is 12.1 Å². The third-order valence-corrected chi connectivity index (χ3v) is 2.58. The summed E-state index contributed by atoms with van der Waals surface area (Å²) in [5, 5.41) is 10.6. The lowest BCUT2D eigenvalue weighted by molar-refractivity contribution is -0.384. The summed E-state index contributed by atoms with van der Waals surface area (Å²) in [6.07, 6.45) is 0. The van der Waals surface area contributed by atoms with Crippen molar-refractivity contribution in [2.75, 3.05) is 0 Å². The number of rotatable bonds is 2. The van der Waals surface area contributed by atoms with Gasteiger partial charge < -0.3 is 4.42 Å². The molecule has 0 aliphatic carbocycles. The summed E-state index contributed by atoms with van der Waals surface area (Å²) in [6, 6.07) is 4.06. The highest BCUT2D eigenvalue weighted by atomic mass is 35.5. The lowest BCUT2D eigenvalue weighted by Crippen LogP contribution is -1.90. The maximum absolute atomic E-state index is 10.8. The van der Waals surface area contributed by atoms with Crippen molar-refractivity contribution in [2.45, 2.75) is 0 Å². The normalized spacial score (nSPS) is 10.3. The number of aromatic nitrogens is 1. The van der Waals surface area contributed by atoms with E-state index in [2.05, 4.69) is 4.37 Å². The lowest BCUT2D eigenvalue weighted by Gasteiger charge is -1.97. The molecular formula is C8H3ClN2O4S. The van der Waals surface area contributed by atoms with Gasteiger partial charge in [-0.25, -0.2) is 4.79 Å². The van der Waals surface area contributed by atoms with Crippen LogP contribution in [0.4, 0.5) is 5.69 Å². The van der Waals surface area contributed by atoms with Crippen LogP contribution in [0.25, 0.3) is 11.5 Å². The summed E-state index contributed by atoms with van der Waals surface area (Å²) in [7, 11) is 0. The second kappa shape index (κ2) is 4.03. The Labute approximate surface area is 97.4 Å². The van der Waals surface area contributed by atoms with Gasteiger partial charge in [-0.3, -0.25) is 10.1 Å². The van der Waals surface area contributed by atoms with E-state index in [1.165, 1.54) is 18.2 Å². The Kier molecular flexibility index (Phi) is 2.71. The molecule has 0 saturated carbocycles. The largest absolute Gasteiger partial charge is 0.414 e. The van der Waals surface area contributed by atoms with Gasteiger partial charge in [0.2, 0.25) is 5.89 Å². The number of benzene rings is 1. The quantitative estimate of drug-likeness (QED) is 0.609. The Morgan fingerprint density at radius 2 is 2.25 bits per heavy atom. The van der Waals surface area contributed by atoms with E-state index in [4.69, 9.17) is 16.0 Å². The van der Waals surface area contributed by atoms with E-state index in [0.29, 0.717) is 17.1 Å². The molecule has 0 saturated heterocycles. The fourth-order valence-corrected chi connectivity index (χ4v) is 1.70. The van der Waals surface area contributed by atoms with E-state index in [1.54, 1.807) is 0 Å². The first kappa shape index (κ1) is 10.8. The fraction of sp³-hybridized carbons (Fsp3) is 0. The fourth-order valence-electron chi connectivity index (χ4n) is 1.09. The minimum Gasteiger partial charge on any atom is -0.394 e. The predicted molar refractivity (Wildman–Crippen MR) is 57.8 cm³/mol. The summed E-state index contributed by atoms with van der Waals surface area (Å²) >= 11 is 6.27. The first-order chi connectivity index (χ1) is 7.58. The van der Waals surface area contributed by atoms with E-state index in [9.17, 15) is 14.9 Å². The standard InChI is InChI=1S/C8H3ClN2O4S/c9-5-2-1-4(3-6(5)11(13)14)7-10-16-8(12)15-7/h1-3H. The molecule has 0 radical (unpaired) electrons. The van der Waals surface area contributed by atoms with Crippen molar-refractivity contribution < 1.29 is 9.34 Å². The van der Waals surface area contributed by atoms with Crippen LogP contribution < -0.4 is 4.94 Å². The van der Waals surface area contributed by atoms with Crippen LogP contribution in [0.2, 0.25) is 5.02 Å². The molecule has 1 aromatic heterocycles. The van der Waals surface area contributed by atoms with Gasteiger partial charge in [0.15, 0.2) is 0 Å². The second-order valence-electron chi connectivity index (χ2n) is 2.76. The Bertz CT molecular complexity index is 606. The molecule has 0 aliphatic rings. The molecule has 1 aromatic carbocycles. The smallest absolute Gasteiger partial charge is 0.394 e. The van der Waals surface area contributed by atoms with Gasteiger partial charge in [0.25, 0.3) is 5.69 Å². The van der Waals surface area contributed by atoms with Crippen molar-refractivity contribution in [1.29, 1.82) is 0 Å². The van der Waals surface area contributed by atoms with Crippen molar-refractivity contribution >= 4 is 28.8 Å². The minimum absolute atomic E-state index is 0.0197. The third-order valence-electron chi connectivity index (χ3n) is 1.77. The van der Waals surface area contributed by atoms with Crippen LogP contribution in [0.3, 0.4) is 0 Å². The van der Waals surface area contributed by atoms with E-state index in [-0.39, 0.29) is 16.6 Å². The molecule has 2 rings (SSSR count). The highest BCUT2D eigenvalue weighted by molar-refractivity contribution is 7.02. The SMILES string of the molecule is O=c1oc(-c2ccc(Cl)c([N+](=O)[O-])c2)ns1. The van der Waals surface area contributed by atoms with Crippen molar-refractivity contribution in [3.63, 3.8) is 0 Å². The molecule has 0 N–H and O–H groups in total. The first-order valence-corrected chi connectivity index (χ1v) is 5.14. The van der Waals surface area contributed by atoms with E-state index >= 15 is 0 Å². The molecule has 8 heteroatoms. The van der Waals surface area contributed by atoms with E-state index < -0.39 is 9.86 Å². The second-order valence-corrected chi connectivity index (χ2v) is 3.87. The van der Waals surface area contributed by atoms with Crippen molar-refractivity contribution in [2.24, 2.45) is 0 Å². The number of nitrogens with zero attached hydrogens (tertiary/aromatic N) is 2. The molecule has 0 atom stereocenters. The van der Waals surface area contributed by atoms with Gasteiger partial charge in [0.1, 0.15) is 5.02 Å². The average Bonchev–Trinajstić information content (AvgIpc) is 2.65. The van der Waals surface area contributed by atoms with Gasteiger partial charge in [0, 0.05) is 11.6 Å². The minimum atomic E-state index is -0.615. The zero-order valence-electron chi connectivity index (χ0n) is 7.55. The topological polar surface area (TPSA) is 86.2 Å². The van der Waals surface area contributed by atoms with Crippen LogP contribution in [-0.4, -0.2) is 9.30 Å². The van der Waals surface area contributed by atoms with Crippen LogP contribution in [0, 0.1) is 10.1 Å². The van der Waals surface area contributed by atoms with Gasteiger partial charge in [0.05, 0.1) is 16.5 Å². The highest BCUT2D eigenvalue weighted by Crippen LogP contribution is 2.29. The Morgan fingerprint density at radius 3 is 2.81 bits per heavy atom. The molecule has 16 heavy (non-hydrogen) atoms. The molecule has 6 nitrogen and oxygen atoms in total. The van der Waals surface area contributed by atoms with Crippen molar-refractivity contribution in [3.8, 4) is 11.5 Å². The summed E-state index contributed by atoms with van der Waals surface area (Å²) in [6.45, 7) is 0. The van der Waals surface area contributed by atoms with E-state index in [1.807, 2.05) is 0 Å². The number of hydrogen-bond donors (Lipinski definition) is 0. The lowest BCUT2D eigenvalue weighted by atomic mass is 10.2.